The fourth-order valence-corrected chi connectivity index (χ4v) is 5.93. The Balaban J connectivity index is 1.27. The summed E-state index contributed by atoms with van der Waals surface area (Å²) in [5.74, 6) is -2.20. The summed E-state index contributed by atoms with van der Waals surface area (Å²) in [4.78, 5) is 38.4. The lowest BCUT2D eigenvalue weighted by Gasteiger charge is -2.32. The van der Waals surface area contributed by atoms with Crippen molar-refractivity contribution in [3.63, 3.8) is 0 Å². The molecular formula is C33H36N2O6. The van der Waals surface area contributed by atoms with Crippen molar-refractivity contribution in [3.8, 4) is 11.1 Å². The summed E-state index contributed by atoms with van der Waals surface area (Å²) in [5.41, 5.74) is 5.35. The molecular weight excluding hydrogens is 520 g/mol. The Morgan fingerprint density at radius 1 is 0.878 bits per heavy atom. The van der Waals surface area contributed by atoms with Crippen LogP contribution in [-0.2, 0) is 25.7 Å². The molecule has 3 N–H and O–H groups in total. The molecule has 2 amide bonds. The molecule has 0 spiro atoms. The SMILES string of the molecule is CC(OCc1ccccc1)C(NC(=O)OCC1c2ccccc2-c2ccccc21)C(=O)N[C@@H]1CCCC[C@@H]1C(=O)O. The Morgan fingerprint density at radius 3 is 2.15 bits per heavy atom. The maximum Gasteiger partial charge on any atom is 0.407 e. The molecule has 0 aliphatic heterocycles. The fraction of sp³-hybridized carbons (Fsp3) is 0.364. The lowest BCUT2D eigenvalue weighted by atomic mass is 9.84. The van der Waals surface area contributed by atoms with Gasteiger partial charge in [-0.05, 0) is 47.6 Å². The van der Waals surface area contributed by atoms with Gasteiger partial charge in [-0.1, -0.05) is 91.7 Å². The van der Waals surface area contributed by atoms with Crippen LogP contribution < -0.4 is 10.6 Å². The Hall–Kier alpha value is -4.17. The van der Waals surface area contributed by atoms with Crippen LogP contribution in [-0.4, -0.2) is 47.9 Å². The monoisotopic (exact) mass is 556 g/mol. The normalized spacial score (nSPS) is 19.3. The average molecular weight is 557 g/mol. The number of carboxylic acids is 1. The van der Waals surface area contributed by atoms with E-state index >= 15 is 0 Å². The van der Waals surface area contributed by atoms with Gasteiger partial charge in [-0.3, -0.25) is 9.59 Å². The first-order chi connectivity index (χ1) is 19.9. The molecule has 3 aromatic carbocycles. The maximum absolute atomic E-state index is 13.5. The van der Waals surface area contributed by atoms with Crippen LogP contribution in [0.2, 0.25) is 0 Å². The second-order valence-electron chi connectivity index (χ2n) is 10.8. The van der Waals surface area contributed by atoms with E-state index < -0.39 is 42.1 Å². The molecule has 0 heterocycles. The van der Waals surface area contributed by atoms with E-state index in [-0.39, 0.29) is 19.1 Å². The maximum atomic E-state index is 13.5. The molecule has 2 unspecified atom stereocenters. The number of fused-ring (bicyclic) bond motifs is 3. The van der Waals surface area contributed by atoms with Crippen molar-refractivity contribution in [2.75, 3.05) is 6.61 Å². The second kappa shape index (κ2) is 13.0. The number of carbonyl (C=O) groups is 3. The molecule has 1 fully saturated rings. The van der Waals surface area contributed by atoms with Crippen molar-refractivity contribution in [3.05, 3.63) is 95.6 Å². The van der Waals surface area contributed by atoms with Crippen molar-refractivity contribution >= 4 is 18.0 Å². The minimum Gasteiger partial charge on any atom is -0.481 e. The molecule has 8 nitrogen and oxygen atoms in total. The molecule has 41 heavy (non-hydrogen) atoms. The first-order valence-corrected chi connectivity index (χ1v) is 14.2. The quantitative estimate of drug-likeness (QED) is 0.314. The van der Waals surface area contributed by atoms with Gasteiger partial charge in [-0.15, -0.1) is 0 Å². The highest BCUT2D eigenvalue weighted by Crippen LogP contribution is 2.44. The van der Waals surface area contributed by atoms with Gasteiger partial charge in [0.25, 0.3) is 0 Å². The second-order valence-corrected chi connectivity index (χ2v) is 10.8. The van der Waals surface area contributed by atoms with Gasteiger partial charge in [0.15, 0.2) is 0 Å². The van der Waals surface area contributed by atoms with Gasteiger partial charge < -0.3 is 25.2 Å². The largest absolute Gasteiger partial charge is 0.481 e. The number of benzene rings is 3. The number of carbonyl (C=O) groups excluding carboxylic acids is 2. The summed E-state index contributed by atoms with van der Waals surface area (Å²) in [7, 11) is 0. The van der Waals surface area contributed by atoms with Gasteiger partial charge in [-0.2, -0.15) is 0 Å². The van der Waals surface area contributed by atoms with E-state index in [1.807, 2.05) is 66.7 Å². The molecule has 4 atom stereocenters. The molecule has 0 bridgehead atoms. The fourth-order valence-electron chi connectivity index (χ4n) is 5.93. The molecule has 2 aliphatic carbocycles. The van der Waals surface area contributed by atoms with Crippen molar-refractivity contribution in [1.82, 2.24) is 10.6 Å². The summed E-state index contributed by atoms with van der Waals surface area (Å²) >= 11 is 0. The van der Waals surface area contributed by atoms with Crippen LogP contribution in [0.1, 0.15) is 55.2 Å². The van der Waals surface area contributed by atoms with Crippen LogP contribution in [0, 0.1) is 5.92 Å². The summed E-state index contributed by atoms with van der Waals surface area (Å²) in [6, 6.07) is 24.1. The molecule has 1 saturated carbocycles. The van der Waals surface area contributed by atoms with Gasteiger partial charge in [0.1, 0.15) is 12.6 Å². The lowest BCUT2D eigenvalue weighted by molar-refractivity contribution is -0.144. The number of carboxylic acid groups (broad SMARTS) is 1. The number of rotatable bonds is 10. The molecule has 2 aliphatic rings. The molecule has 5 rings (SSSR count). The minimum atomic E-state index is -1.08. The predicted octanol–water partition coefficient (Wildman–Crippen LogP) is 5.26. The van der Waals surface area contributed by atoms with Crippen molar-refractivity contribution in [1.29, 1.82) is 0 Å². The third-order valence-electron chi connectivity index (χ3n) is 8.14. The van der Waals surface area contributed by atoms with Crippen LogP contribution in [0.15, 0.2) is 78.9 Å². The van der Waals surface area contributed by atoms with Crippen molar-refractivity contribution in [2.24, 2.45) is 5.92 Å². The lowest BCUT2D eigenvalue weighted by Crippen LogP contribution is -2.57. The highest BCUT2D eigenvalue weighted by molar-refractivity contribution is 5.87. The molecule has 0 radical (unpaired) electrons. The highest BCUT2D eigenvalue weighted by Gasteiger charge is 2.36. The first-order valence-electron chi connectivity index (χ1n) is 14.2. The summed E-state index contributed by atoms with van der Waals surface area (Å²) in [6.07, 6.45) is 1.27. The standard InChI is InChI=1S/C33H36N2O6/c1-21(40-19-22-11-3-2-4-12-22)30(31(36)34-29-18-10-9-17-27(29)32(37)38)35-33(39)41-20-28-25-15-7-5-13-23(25)24-14-6-8-16-26(24)28/h2-8,11-16,21,27-30H,9-10,17-20H2,1H3,(H,34,36)(H,35,39)(H,37,38)/t21?,27-,29+,30?/m0/s1. The smallest absolute Gasteiger partial charge is 0.407 e. The van der Waals surface area contributed by atoms with Crippen molar-refractivity contribution in [2.45, 2.75) is 63.3 Å². The Kier molecular flexibility index (Phi) is 8.99. The molecule has 0 aromatic heterocycles. The van der Waals surface area contributed by atoms with Gasteiger partial charge >= 0.3 is 12.1 Å². The summed E-state index contributed by atoms with van der Waals surface area (Å²) in [6.45, 7) is 2.07. The predicted molar refractivity (Wildman–Crippen MR) is 154 cm³/mol. The summed E-state index contributed by atoms with van der Waals surface area (Å²) < 4.78 is 11.7. The number of alkyl carbamates (subject to hydrolysis) is 1. The van der Waals surface area contributed by atoms with Crippen LogP contribution in [0.3, 0.4) is 0 Å². The van der Waals surface area contributed by atoms with Crippen LogP contribution in [0.5, 0.6) is 0 Å². The number of amides is 2. The van der Waals surface area contributed by atoms with E-state index in [4.69, 9.17) is 9.47 Å². The zero-order chi connectivity index (χ0) is 28.8. The Morgan fingerprint density at radius 2 is 1.49 bits per heavy atom. The zero-order valence-corrected chi connectivity index (χ0v) is 23.1. The summed E-state index contributed by atoms with van der Waals surface area (Å²) in [5, 5.41) is 15.3. The van der Waals surface area contributed by atoms with E-state index in [0.29, 0.717) is 12.8 Å². The first kappa shape index (κ1) is 28.4. The number of hydrogen-bond acceptors (Lipinski definition) is 5. The molecule has 214 valence electrons. The number of ether oxygens (including phenoxy) is 2. The Bertz CT molecular complexity index is 1330. The third-order valence-corrected chi connectivity index (χ3v) is 8.14. The number of aliphatic carboxylic acids is 1. The van der Waals surface area contributed by atoms with Crippen LogP contribution in [0.4, 0.5) is 4.79 Å². The topological polar surface area (TPSA) is 114 Å². The van der Waals surface area contributed by atoms with Crippen LogP contribution in [0.25, 0.3) is 11.1 Å². The molecule has 0 saturated heterocycles. The number of hydrogen-bond donors (Lipinski definition) is 3. The highest BCUT2D eigenvalue weighted by atomic mass is 16.5. The molecule has 3 aromatic rings. The van der Waals surface area contributed by atoms with Crippen LogP contribution >= 0.6 is 0 Å². The van der Waals surface area contributed by atoms with E-state index in [9.17, 15) is 19.5 Å². The minimum absolute atomic E-state index is 0.108. The van der Waals surface area contributed by atoms with E-state index in [1.54, 1.807) is 6.92 Å². The van der Waals surface area contributed by atoms with Crippen molar-refractivity contribution < 1.29 is 29.0 Å². The zero-order valence-electron chi connectivity index (χ0n) is 23.1. The van der Waals surface area contributed by atoms with E-state index in [2.05, 4.69) is 22.8 Å². The molecule has 8 heteroatoms. The van der Waals surface area contributed by atoms with Gasteiger partial charge in [0, 0.05) is 12.0 Å². The number of nitrogens with one attached hydrogen (secondary N) is 2. The third kappa shape index (κ3) is 6.60. The van der Waals surface area contributed by atoms with Gasteiger partial charge in [0.05, 0.1) is 18.6 Å². The van der Waals surface area contributed by atoms with Gasteiger partial charge in [0.2, 0.25) is 5.91 Å². The Labute approximate surface area is 240 Å². The average Bonchev–Trinajstić information content (AvgIpc) is 3.31. The van der Waals surface area contributed by atoms with Gasteiger partial charge in [-0.25, -0.2) is 4.79 Å². The van der Waals surface area contributed by atoms with E-state index in [0.717, 1.165) is 40.7 Å². The van der Waals surface area contributed by atoms with E-state index in [1.165, 1.54) is 0 Å².